The molecule has 0 aromatic heterocycles. The Bertz CT molecular complexity index is 696. The second kappa shape index (κ2) is 5.15. The molecule has 21 heavy (non-hydrogen) atoms. The Kier molecular flexibility index (Phi) is 3.46. The number of benzene rings is 2. The fraction of sp³-hybridized carbons (Fsp3) is 0.333. The lowest BCUT2D eigenvalue weighted by Crippen LogP contribution is -2.24. The predicted molar refractivity (Wildman–Crippen MR) is 82.0 cm³/mol. The number of rotatable bonds is 1. The first-order valence-corrected chi connectivity index (χ1v) is 7.25. The highest BCUT2D eigenvalue weighted by atomic mass is 19.1. The van der Waals surface area contributed by atoms with Gasteiger partial charge in [-0.05, 0) is 49.1 Å². The van der Waals surface area contributed by atoms with Crippen LogP contribution in [0.1, 0.15) is 46.4 Å². The zero-order valence-electron chi connectivity index (χ0n) is 12.6. The molecule has 0 radical (unpaired) electrons. The van der Waals surface area contributed by atoms with Crippen molar-refractivity contribution in [2.24, 2.45) is 5.73 Å². The number of nitrogens with two attached hydrogens (primary N) is 1. The van der Waals surface area contributed by atoms with Crippen molar-refractivity contribution in [3.63, 3.8) is 0 Å². The van der Waals surface area contributed by atoms with E-state index in [4.69, 9.17) is 10.5 Å². The van der Waals surface area contributed by atoms with E-state index in [-0.39, 0.29) is 18.0 Å². The van der Waals surface area contributed by atoms with Crippen LogP contribution >= 0.6 is 0 Å². The molecule has 2 nitrogen and oxygen atoms in total. The molecule has 0 aliphatic carbocycles. The molecule has 0 bridgehead atoms. The smallest absolute Gasteiger partial charge is 0.127 e. The summed E-state index contributed by atoms with van der Waals surface area (Å²) in [6.07, 6.45) is 0.593. The summed E-state index contributed by atoms with van der Waals surface area (Å²) in [6.45, 7) is 6.27. The molecule has 2 aromatic rings. The maximum Gasteiger partial charge on any atom is 0.127 e. The lowest BCUT2D eigenvalue weighted by molar-refractivity contribution is 0.160. The van der Waals surface area contributed by atoms with Crippen LogP contribution in [0.4, 0.5) is 4.39 Å². The van der Waals surface area contributed by atoms with E-state index in [1.54, 1.807) is 6.07 Å². The standard InChI is InChI=1S/C18H20FNO/c1-10-6-12(3)15(7-11(10)2)18-9-16(20)14-5-4-13(19)8-17(14)21-18/h4-8,16,18H,9,20H2,1-3H3. The third-order valence-corrected chi connectivity index (χ3v) is 4.34. The van der Waals surface area contributed by atoms with Crippen LogP contribution in [0.5, 0.6) is 5.75 Å². The largest absolute Gasteiger partial charge is 0.485 e. The van der Waals surface area contributed by atoms with Gasteiger partial charge < -0.3 is 10.5 Å². The maximum atomic E-state index is 13.4. The first-order chi connectivity index (χ1) is 9.95. The molecule has 0 saturated heterocycles. The molecule has 1 aliphatic rings. The van der Waals surface area contributed by atoms with Crippen LogP contribution < -0.4 is 10.5 Å². The van der Waals surface area contributed by atoms with E-state index in [2.05, 4.69) is 32.9 Å². The van der Waals surface area contributed by atoms with Crippen LogP contribution in [0.2, 0.25) is 0 Å². The van der Waals surface area contributed by atoms with Crippen molar-refractivity contribution in [2.45, 2.75) is 39.3 Å². The van der Waals surface area contributed by atoms with Gasteiger partial charge in [0.15, 0.2) is 0 Å². The number of ether oxygens (including phenoxy) is 1. The summed E-state index contributed by atoms with van der Waals surface area (Å²) in [5.41, 5.74) is 12.0. The SMILES string of the molecule is Cc1cc(C)c(C2CC(N)c3ccc(F)cc3O2)cc1C. The van der Waals surface area contributed by atoms with E-state index in [1.807, 2.05) is 0 Å². The molecular weight excluding hydrogens is 265 g/mol. The zero-order chi connectivity index (χ0) is 15.1. The first-order valence-electron chi connectivity index (χ1n) is 7.25. The van der Waals surface area contributed by atoms with Crippen LogP contribution in [-0.4, -0.2) is 0 Å². The number of hydrogen-bond donors (Lipinski definition) is 1. The quantitative estimate of drug-likeness (QED) is 0.849. The molecular formula is C18H20FNO. The highest BCUT2D eigenvalue weighted by molar-refractivity contribution is 5.42. The Morgan fingerprint density at radius 3 is 2.48 bits per heavy atom. The van der Waals surface area contributed by atoms with Crippen molar-refractivity contribution >= 4 is 0 Å². The Labute approximate surface area is 124 Å². The van der Waals surface area contributed by atoms with Gasteiger partial charge in [0, 0.05) is 24.1 Å². The summed E-state index contributed by atoms with van der Waals surface area (Å²) in [5, 5.41) is 0. The van der Waals surface area contributed by atoms with Crippen molar-refractivity contribution < 1.29 is 9.13 Å². The van der Waals surface area contributed by atoms with E-state index < -0.39 is 0 Å². The molecule has 110 valence electrons. The Hall–Kier alpha value is -1.87. The minimum absolute atomic E-state index is 0.117. The van der Waals surface area contributed by atoms with Gasteiger partial charge in [0.2, 0.25) is 0 Å². The monoisotopic (exact) mass is 285 g/mol. The lowest BCUT2D eigenvalue weighted by Gasteiger charge is -2.31. The highest BCUT2D eigenvalue weighted by Crippen LogP contribution is 2.41. The molecule has 3 rings (SSSR count). The normalized spacial score (nSPS) is 20.8. The molecule has 0 saturated carbocycles. The summed E-state index contributed by atoms with van der Waals surface area (Å²) in [7, 11) is 0. The number of halogens is 1. The summed E-state index contributed by atoms with van der Waals surface area (Å²) in [5.74, 6) is 0.273. The number of hydrogen-bond acceptors (Lipinski definition) is 2. The predicted octanol–water partition coefficient (Wildman–Crippen LogP) is 4.27. The van der Waals surface area contributed by atoms with Gasteiger partial charge in [0.1, 0.15) is 17.7 Å². The van der Waals surface area contributed by atoms with Gasteiger partial charge >= 0.3 is 0 Å². The van der Waals surface area contributed by atoms with E-state index in [0.717, 1.165) is 11.1 Å². The molecule has 0 fully saturated rings. The maximum absolute atomic E-state index is 13.4. The van der Waals surface area contributed by atoms with Crippen molar-refractivity contribution in [1.29, 1.82) is 0 Å². The van der Waals surface area contributed by atoms with Gasteiger partial charge in [-0.25, -0.2) is 4.39 Å². The average molecular weight is 285 g/mol. The van der Waals surface area contributed by atoms with Crippen molar-refractivity contribution in [3.05, 3.63) is 64.0 Å². The minimum Gasteiger partial charge on any atom is -0.485 e. The highest BCUT2D eigenvalue weighted by Gasteiger charge is 2.28. The molecule has 1 aliphatic heterocycles. The van der Waals surface area contributed by atoms with Crippen LogP contribution in [0, 0.1) is 26.6 Å². The second-order valence-corrected chi connectivity index (χ2v) is 5.92. The van der Waals surface area contributed by atoms with Crippen LogP contribution in [0.25, 0.3) is 0 Å². The Morgan fingerprint density at radius 2 is 1.71 bits per heavy atom. The Balaban J connectivity index is 2.01. The van der Waals surface area contributed by atoms with Gasteiger partial charge in [-0.15, -0.1) is 0 Å². The van der Waals surface area contributed by atoms with E-state index in [9.17, 15) is 4.39 Å². The molecule has 0 amide bonds. The lowest BCUT2D eigenvalue weighted by atomic mass is 9.90. The topological polar surface area (TPSA) is 35.2 Å². The fourth-order valence-electron chi connectivity index (χ4n) is 3.00. The third kappa shape index (κ3) is 2.54. The minimum atomic E-state index is -0.293. The van der Waals surface area contributed by atoms with Crippen LogP contribution in [0.3, 0.4) is 0 Å². The molecule has 3 heteroatoms. The number of fused-ring (bicyclic) bond motifs is 1. The molecule has 0 spiro atoms. The summed E-state index contributed by atoms with van der Waals surface area (Å²) in [4.78, 5) is 0. The third-order valence-electron chi connectivity index (χ3n) is 4.34. The second-order valence-electron chi connectivity index (χ2n) is 5.92. The molecule has 2 unspecified atom stereocenters. The Morgan fingerprint density at radius 1 is 1.00 bits per heavy atom. The van der Waals surface area contributed by atoms with Gasteiger partial charge in [-0.1, -0.05) is 18.2 Å². The molecule has 2 atom stereocenters. The van der Waals surface area contributed by atoms with Crippen LogP contribution in [0.15, 0.2) is 30.3 Å². The van der Waals surface area contributed by atoms with E-state index in [0.29, 0.717) is 12.2 Å². The van der Waals surface area contributed by atoms with Crippen molar-refractivity contribution in [3.8, 4) is 5.75 Å². The van der Waals surface area contributed by atoms with Gasteiger partial charge in [-0.3, -0.25) is 0 Å². The van der Waals surface area contributed by atoms with Gasteiger partial charge in [0.25, 0.3) is 0 Å². The summed E-state index contributed by atoms with van der Waals surface area (Å²) in [6, 6.07) is 8.79. The van der Waals surface area contributed by atoms with Gasteiger partial charge in [-0.2, -0.15) is 0 Å². The fourth-order valence-corrected chi connectivity index (χ4v) is 3.00. The van der Waals surface area contributed by atoms with E-state index in [1.165, 1.54) is 28.8 Å². The van der Waals surface area contributed by atoms with Crippen LogP contribution in [-0.2, 0) is 0 Å². The molecule has 1 heterocycles. The average Bonchev–Trinajstić information content (AvgIpc) is 2.42. The summed E-state index contributed by atoms with van der Waals surface area (Å²) < 4.78 is 19.5. The summed E-state index contributed by atoms with van der Waals surface area (Å²) >= 11 is 0. The molecule has 2 N–H and O–H groups in total. The number of aryl methyl sites for hydroxylation is 3. The first kappa shape index (κ1) is 14.1. The molecule has 2 aromatic carbocycles. The van der Waals surface area contributed by atoms with Crippen molar-refractivity contribution in [2.75, 3.05) is 0 Å². The van der Waals surface area contributed by atoms with Crippen molar-refractivity contribution in [1.82, 2.24) is 0 Å². The van der Waals surface area contributed by atoms with E-state index >= 15 is 0 Å². The zero-order valence-corrected chi connectivity index (χ0v) is 12.6. The van der Waals surface area contributed by atoms with Gasteiger partial charge in [0.05, 0.1) is 0 Å².